The van der Waals surface area contributed by atoms with Gasteiger partial charge in [0.05, 0.1) is 13.2 Å². The summed E-state index contributed by atoms with van der Waals surface area (Å²) in [6, 6.07) is 0. The third kappa shape index (κ3) is 5.45. The van der Waals surface area contributed by atoms with Crippen LogP contribution >= 0.6 is 24.0 Å². The summed E-state index contributed by atoms with van der Waals surface area (Å²) in [5.74, 6) is 1.12. The molecule has 3 fully saturated rings. The quantitative estimate of drug-likeness (QED) is 0.374. The first-order chi connectivity index (χ1) is 12.1. The SMILES string of the molecule is CCNC(=NCC1(C)CCOC1)N1CCN(C(=O)C2CCCO2)CC1.I. The fourth-order valence-corrected chi connectivity index (χ4v) is 3.64. The van der Waals surface area contributed by atoms with Gasteiger partial charge in [0.15, 0.2) is 5.96 Å². The van der Waals surface area contributed by atoms with E-state index in [0.29, 0.717) is 0 Å². The minimum Gasteiger partial charge on any atom is -0.381 e. The molecule has 26 heavy (non-hydrogen) atoms. The van der Waals surface area contributed by atoms with Crippen molar-refractivity contribution in [2.75, 3.05) is 59.1 Å². The first-order valence-corrected chi connectivity index (χ1v) is 9.63. The highest BCUT2D eigenvalue weighted by Gasteiger charge is 2.32. The fraction of sp³-hybridized carbons (Fsp3) is 0.889. The molecule has 2 unspecified atom stereocenters. The molecule has 0 bridgehead atoms. The first kappa shape index (κ1) is 21.7. The average molecular weight is 480 g/mol. The lowest BCUT2D eigenvalue weighted by atomic mass is 9.90. The molecule has 0 aromatic heterocycles. The Morgan fingerprint density at radius 2 is 1.96 bits per heavy atom. The molecule has 0 aromatic rings. The van der Waals surface area contributed by atoms with Gasteiger partial charge in [0.25, 0.3) is 5.91 Å². The zero-order valence-corrected chi connectivity index (χ0v) is 18.4. The fourth-order valence-electron chi connectivity index (χ4n) is 3.64. The molecule has 1 amide bonds. The Kier molecular flexibility index (Phi) is 8.41. The van der Waals surface area contributed by atoms with Crippen LogP contribution in [0, 0.1) is 5.41 Å². The smallest absolute Gasteiger partial charge is 0.251 e. The lowest BCUT2D eigenvalue weighted by molar-refractivity contribution is -0.142. The summed E-state index contributed by atoms with van der Waals surface area (Å²) in [6.45, 7) is 11.4. The molecule has 150 valence electrons. The minimum absolute atomic E-state index is 0. The van der Waals surface area contributed by atoms with E-state index in [9.17, 15) is 4.79 Å². The van der Waals surface area contributed by atoms with Crippen LogP contribution in [-0.4, -0.2) is 86.9 Å². The van der Waals surface area contributed by atoms with Gasteiger partial charge in [0.2, 0.25) is 0 Å². The van der Waals surface area contributed by atoms with Gasteiger partial charge in [0.1, 0.15) is 6.10 Å². The zero-order chi connectivity index (χ0) is 17.7. The second-order valence-corrected chi connectivity index (χ2v) is 7.60. The van der Waals surface area contributed by atoms with E-state index in [1.54, 1.807) is 0 Å². The van der Waals surface area contributed by atoms with E-state index < -0.39 is 0 Å². The van der Waals surface area contributed by atoms with E-state index in [1.807, 2.05) is 4.90 Å². The number of aliphatic imine (C=N–C) groups is 1. The lowest BCUT2D eigenvalue weighted by Gasteiger charge is -2.37. The molecule has 0 spiro atoms. The third-order valence-electron chi connectivity index (χ3n) is 5.34. The van der Waals surface area contributed by atoms with Crippen molar-refractivity contribution in [3.8, 4) is 0 Å². The standard InChI is InChI=1S/C18H32N4O3.HI/c1-3-19-17(20-13-18(2)6-12-24-14-18)22-9-7-21(8-10-22)16(23)15-5-4-11-25-15;/h15H,3-14H2,1-2H3,(H,19,20);1H. The van der Waals surface area contributed by atoms with Crippen LogP contribution in [0.15, 0.2) is 4.99 Å². The van der Waals surface area contributed by atoms with Crippen molar-refractivity contribution >= 4 is 35.8 Å². The predicted molar refractivity (Wildman–Crippen MR) is 112 cm³/mol. The number of hydrogen-bond donors (Lipinski definition) is 1. The van der Waals surface area contributed by atoms with E-state index in [2.05, 4.69) is 24.1 Å². The van der Waals surface area contributed by atoms with Gasteiger partial charge in [-0.15, -0.1) is 24.0 Å². The van der Waals surface area contributed by atoms with E-state index in [4.69, 9.17) is 14.5 Å². The van der Waals surface area contributed by atoms with E-state index in [-0.39, 0.29) is 41.4 Å². The van der Waals surface area contributed by atoms with Crippen molar-refractivity contribution in [1.82, 2.24) is 15.1 Å². The van der Waals surface area contributed by atoms with Crippen LogP contribution in [-0.2, 0) is 14.3 Å². The summed E-state index contributed by atoms with van der Waals surface area (Å²) in [7, 11) is 0. The summed E-state index contributed by atoms with van der Waals surface area (Å²) >= 11 is 0. The molecule has 3 saturated heterocycles. The Bertz CT molecular complexity index is 483. The molecule has 1 N–H and O–H groups in total. The molecule has 0 saturated carbocycles. The largest absolute Gasteiger partial charge is 0.381 e. The Labute approximate surface area is 173 Å². The van der Waals surface area contributed by atoms with Crippen LogP contribution in [0.5, 0.6) is 0 Å². The van der Waals surface area contributed by atoms with Gasteiger partial charge < -0.3 is 24.6 Å². The highest BCUT2D eigenvalue weighted by Crippen LogP contribution is 2.28. The monoisotopic (exact) mass is 480 g/mol. The Balaban J connectivity index is 0.00000243. The topological polar surface area (TPSA) is 66.4 Å². The van der Waals surface area contributed by atoms with Crippen LogP contribution in [0.25, 0.3) is 0 Å². The maximum atomic E-state index is 12.5. The van der Waals surface area contributed by atoms with Crippen LogP contribution in [0.2, 0.25) is 0 Å². The van der Waals surface area contributed by atoms with E-state index in [1.165, 1.54) is 0 Å². The zero-order valence-electron chi connectivity index (χ0n) is 16.0. The van der Waals surface area contributed by atoms with Gasteiger partial charge in [-0.2, -0.15) is 0 Å². The van der Waals surface area contributed by atoms with Gasteiger partial charge in [-0.1, -0.05) is 6.92 Å². The van der Waals surface area contributed by atoms with Gasteiger partial charge in [-0.05, 0) is 26.2 Å². The molecule has 3 aliphatic rings. The molecule has 2 atom stereocenters. The Morgan fingerprint density at radius 3 is 2.54 bits per heavy atom. The number of amides is 1. The van der Waals surface area contributed by atoms with Crippen molar-refractivity contribution in [3.63, 3.8) is 0 Å². The molecule has 0 aliphatic carbocycles. The summed E-state index contributed by atoms with van der Waals surface area (Å²) < 4.78 is 11.1. The number of rotatable bonds is 4. The number of hydrogen-bond acceptors (Lipinski definition) is 4. The van der Waals surface area contributed by atoms with Crippen molar-refractivity contribution in [1.29, 1.82) is 0 Å². The number of carbonyl (C=O) groups is 1. The normalized spacial score (nSPS) is 29.6. The van der Waals surface area contributed by atoms with E-state index >= 15 is 0 Å². The maximum absolute atomic E-state index is 12.5. The van der Waals surface area contributed by atoms with Gasteiger partial charge >= 0.3 is 0 Å². The summed E-state index contributed by atoms with van der Waals surface area (Å²) in [5.41, 5.74) is 0.151. The van der Waals surface area contributed by atoms with Crippen LogP contribution in [0.4, 0.5) is 0 Å². The van der Waals surface area contributed by atoms with Crippen LogP contribution in [0.3, 0.4) is 0 Å². The summed E-state index contributed by atoms with van der Waals surface area (Å²) in [4.78, 5) is 21.5. The van der Waals surface area contributed by atoms with Crippen LogP contribution in [0.1, 0.15) is 33.1 Å². The highest BCUT2D eigenvalue weighted by molar-refractivity contribution is 14.0. The summed E-state index contributed by atoms with van der Waals surface area (Å²) in [5, 5.41) is 3.40. The predicted octanol–water partition coefficient (Wildman–Crippen LogP) is 1.32. The molecule has 0 aromatic carbocycles. The van der Waals surface area contributed by atoms with Gasteiger partial charge in [0, 0.05) is 51.4 Å². The third-order valence-corrected chi connectivity index (χ3v) is 5.34. The highest BCUT2D eigenvalue weighted by atomic mass is 127. The number of guanidine groups is 1. The molecule has 8 heteroatoms. The van der Waals surface area contributed by atoms with Crippen LogP contribution < -0.4 is 5.32 Å². The Morgan fingerprint density at radius 1 is 1.23 bits per heavy atom. The molecule has 0 radical (unpaired) electrons. The van der Waals surface area contributed by atoms with Gasteiger partial charge in [-0.3, -0.25) is 9.79 Å². The van der Waals surface area contributed by atoms with Crippen molar-refractivity contribution in [3.05, 3.63) is 0 Å². The number of nitrogens with zero attached hydrogens (tertiary/aromatic N) is 3. The second kappa shape index (κ2) is 10.1. The molecular formula is C18H33IN4O3. The molecule has 3 heterocycles. The van der Waals surface area contributed by atoms with Crippen molar-refractivity contribution in [2.45, 2.75) is 39.2 Å². The molecule has 3 aliphatic heterocycles. The number of halogens is 1. The number of nitrogens with one attached hydrogen (secondary N) is 1. The number of piperazine rings is 1. The van der Waals surface area contributed by atoms with Gasteiger partial charge in [-0.25, -0.2) is 0 Å². The minimum atomic E-state index is -0.212. The number of ether oxygens (including phenoxy) is 2. The maximum Gasteiger partial charge on any atom is 0.251 e. The Hall–Kier alpha value is -0.610. The molecular weight excluding hydrogens is 447 g/mol. The average Bonchev–Trinajstić information content (AvgIpc) is 3.30. The lowest BCUT2D eigenvalue weighted by Crippen LogP contribution is -2.55. The second-order valence-electron chi connectivity index (χ2n) is 7.60. The molecule has 3 rings (SSSR count). The molecule has 7 nitrogen and oxygen atoms in total. The number of carbonyl (C=O) groups excluding carboxylic acids is 1. The van der Waals surface area contributed by atoms with E-state index in [0.717, 1.165) is 84.3 Å². The van der Waals surface area contributed by atoms with Crippen molar-refractivity contribution < 1.29 is 14.3 Å². The first-order valence-electron chi connectivity index (χ1n) is 9.63. The summed E-state index contributed by atoms with van der Waals surface area (Å²) in [6.07, 6.45) is 2.72. The van der Waals surface area contributed by atoms with Crippen molar-refractivity contribution in [2.24, 2.45) is 10.4 Å².